The molecule has 0 saturated carbocycles. The highest BCUT2D eigenvalue weighted by Crippen LogP contribution is 2.17. The minimum absolute atomic E-state index is 0.00303. The summed E-state index contributed by atoms with van der Waals surface area (Å²) in [6.07, 6.45) is 5.84. The van der Waals surface area contributed by atoms with Crippen molar-refractivity contribution < 1.29 is 9.59 Å². The summed E-state index contributed by atoms with van der Waals surface area (Å²) < 4.78 is 0. The van der Waals surface area contributed by atoms with Crippen LogP contribution in [-0.4, -0.2) is 78.5 Å². The predicted molar refractivity (Wildman–Crippen MR) is 91.3 cm³/mol. The van der Waals surface area contributed by atoms with Crippen molar-refractivity contribution in [2.75, 3.05) is 45.8 Å². The summed E-state index contributed by atoms with van der Waals surface area (Å²) in [4.78, 5) is 30.5. The number of piperidine rings is 2. The van der Waals surface area contributed by atoms with E-state index in [4.69, 9.17) is 0 Å². The Balaban J connectivity index is 1.88. The molecule has 1 atom stereocenters. The molecule has 132 valence electrons. The molecule has 6 nitrogen and oxygen atoms in total. The molecule has 0 bridgehead atoms. The highest BCUT2D eigenvalue weighted by atomic mass is 16.2. The first kappa shape index (κ1) is 18.0. The van der Waals surface area contributed by atoms with Crippen LogP contribution in [0.3, 0.4) is 0 Å². The van der Waals surface area contributed by atoms with Gasteiger partial charge in [0.1, 0.15) is 0 Å². The largest absolute Gasteiger partial charge is 0.338 e. The van der Waals surface area contributed by atoms with Crippen LogP contribution in [0.25, 0.3) is 0 Å². The van der Waals surface area contributed by atoms with Crippen molar-refractivity contribution in [1.82, 2.24) is 20.0 Å². The van der Waals surface area contributed by atoms with Gasteiger partial charge in [-0.15, -0.1) is 0 Å². The number of nitrogens with one attached hydrogen (secondary N) is 1. The van der Waals surface area contributed by atoms with E-state index >= 15 is 0 Å². The second-order valence-electron chi connectivity index (χ2n) is 6.69. The number of nitrogens with zero attached hydrogens (tertiary/aromatic N) is 3. The Morgan fingerprint density at radius 2 is 1.87 bits per heavy atom. The molecular formula is C17H32N4O2. The number of carbonyl (C=O) groups is 2. The van der Waals surface area contributed by atoms with Gasteiger partial charge in [0.05, 0.1) is 0 Å². The molecule has 0 aromatic carbocycles. The van der Waals surface area contributed by atoms with Crippen LogP contribution in [0.4, 0.5) is 4.79 Å². The number of hydrogen-bond acceptors (Lipinski definition) is 3. The maximum Gasteiger partial charge on any atom is 0.317 e. The zero-order chi connectivity index (χ0) is 16.7. The lowest BCUT2D eigenvalue weighted by atomic mass is 10.0. The SMILES string of the molecule is CCNC(=O)N1CCCC(N(CCN2CCCCC2)C(C)=O)C1. The van der Waals surface area contributed by atoms with Crippen LogP contribution < -0.4 is 5.32 Å². The van der Waals surface area contributed by atoms with Gasteiger partial charge in [-0.25, -0.2) is 4.79 Å². The van der Waals surface area contributed by atoms with Gasteiger partial charge in [0.2, 0.25) is 5.91 Å². The molecule has 2 heterocycles. The molecule has 1 unspecified atom stereocenters. The molecule has 0 radical (unpaired) electrons. The predicted octanol–water partition coefficient (Wildman–Crippen LogP) is 1.51. The molecule has 23 heavy (non-hydrogen) atoms. The summed E-state index contributed by atoms with van der Waals surface area (Å²) >= 11 is 0. The van der Waals surface area contributed by atoms with Crippen molar-refractivity contribution in [3.8, 4) is 0 Å². The van der Waals surface area contributed by atoms with Crippen molar-refractivity contribution in [3.05, 3.63) is 0 Å². The molecule has 2 aliphatic rings. The average molecular weight is 324 g/mol. The summed E-state index contributed by atoms with van der Waals surface area (Å²) in [5.41, 5.74) is 0. The highest BCUT2D eigenvalue weighted by Gasteiger charge is 2.29. The van der Waals surface area contributed by atoms with Crippen molar-refractivity contribution in [2.24, 2.45) is 0 Å². The lowest BCUT2D eigenvalue weighted by Gasteiger charge is -2.40. The van der Waals surface area contributed by atoms with E-state index in [0.717, 1.165) is 45.6 Å². The Morgan fingerprint density at radius 1 is 1.13 bits per heavy atom. The smallest absolute Gasteiger partial charge is 0.317 e. The van der Waals surface area contributed by atoms with Crippen LogP contribution in [0.15, 0.2) is 0 Å². The van der Waals surface area contributed by atoms with Crippen molar-refractivity contribution in [2.45, 2.75) is 52.0 Å². The number of hydrogen-bond donors (Lipinski definition) is 1. The fourth-order valence-electron chi connectivity index (χ4n) is 3.69. The van der Waals surface area contributed by atoms with E-state index in [1.54, 1.807) is 6.92 Å². The Morgan fingerprint density at radius 3 is 2.52 bits per heavy atom. The normalized spacial score (nSPS) is 22.7. The molecule has 0 aliphatic carbocycles. The van der Waals surface area contributed by atoms with Crippen LogP contribution in [-0.2, 0) is 4.79 Å². The van der Waals surface area contributed by atoms with E-state index in [-0.39, 0.29) is 18.0 Å². The molecule has 2 rings (SSSR count). The van der Waals surface area contributed by atoms with Gasteiger partial charge in [0, 0.05) is 45.7 Å². The van der Waals surface area contributed by atoms with Gasteiger partial charge in [0.25, 0.3) is 0 Å². The Kier molecular flexibility index (Phi) is 7.15. The van der Waals surface area contributed by atoms with E-state index in [2.05, 4.69) is 10.2 Å². The molecule has 2 fully saturated rings. The minimum atomic E-state index is -0.00303. The maximum absolute atomic E-state index is 12.1. The Bertz CT molecular complexity index is 396. The number of rotatable bonds is 5. The van der Waals surface area contributed by atoms with E-state index in [1.165, 1.54) is 19.3 Å². The number of carbonyl (C=O) groups excluding carboxylic acids is 2. The molecule has 2 saturated heterocycles. The summed E-state index contributed by atoms with van der Waals surface area (Å²) in [5.74, 6) is 0.129. The molecule has 3 amide bonds. The highest BCUT2D eigenvalue weighted by molar-refractivity contribution is 5.75. The summed E-state index contributed by atoms with van der Waals surface area (Å²) in [6.45, 7) is 9.72. The lowest BCUT2D eigenvalue weighted by Crippen LogP contribution is -2.54. The second kappa shape index (κ2) is 9.11. The zero-order valence-corrected chi connectivity index (χ0v) is 14.7. The number of urea groups is 1. The van der Waals surface area contributed by atoms with Gasteiger partial charge in [0.15, 0.2) is 0 Å². The average Bonchev–Trinajstić information content (AvgIpc) is 2.56. The number of likely N-dealkylation sites (tertiary alicyclic amines) is 2. The quantitative estimate of drug-likeness (QED) is 0.834. The van der Waals surface area contributed by atoms with Crippen molar-refractivity contribution >= 4 is 11.9 Å². The molecule has 1 N–H and O–H groups in total. The fourth-order valence-corrected chi connectivity index (χ4v) is 3.69. The second-order valence-corrected chi connectivity index (χ2v) is 6.69. The molecule has 6 heteroatoms. The zero-order valence-electron chi connectivity index (χ0n) is 14.7. The molecule has 0 aromatic heterocycles. The first-order valence-corrected chi connectivity index (χ1v) is 9.14. The third-order valence-electron chi connectivity index (χ3n) is 4.96. The van der Waals surface area contributed by atoms with Gasteiger partial charge in [-0.05, 0) is 45.7 Å². The van der Waals surface area contributed by atoms with Crippen LogP contribution in [0.1, 0.15) is 46.0 Å². The van der Waals surface area contributed by atoms with E-state index < -0.39 is 0 Å². The first-order valence-electron chi connectivity index (χ1n) is 9.14. The first-order chi connectivity index (χ1) is 11.1. The van der Waals surface area contributed by atoms with Crippen molar-refractivity contribution in [3.63, 3.8) is 0 Å². The number of amides is 3. The monoisotopic (exact) mass is 324 g/mol. The van der Waals surface area contributed by atoms with Crippen LogP contribution in [0.5, 0.6) is 0 Å². The maximum atomic E-state index is 12.1. The van der Waals surface area contributed by atoms with E-state index in [1.807, 2.05) is 16.7 Å². The standard InChI is InChI=1S/C17H32N4O2/c1-3-18-17(23)20-11-7-8-16(14-20)21(15(2)22)13-12-19-9-5-4-6-10-19/h16H,3-14H2,1-2H3,(H,18,23). The fraction of sp³-hybridized carbons (Fsp3) is 0.882. The summed E-state index contributed by atoms with van der Waals surface area (Å²) in [5, 5.41) is 2.86. The van der Waals surface area contributed by atoms with Gasteiger partial charge < -0.3 is 20.0 Å². The molecule has 2 aliphatic heterocycles. The van der Waals surface area contributed by atoms with E-state index in [9.17, 15) is 9.59 Å². The lowest BCUT2D eigenvalue weighted by molar-refractivity contribution is -0.132. The minimum Gasteiger partial charge on any atom is -0.338 e. The van der Waals surface area contributed by atoms with Gasteiger partial charge >= 0.3 is 6.03 Å². The summed E-state index contributed by atoms with van der Waals surface area (Å²) in [6, 6.07) is 0.158. The van der Waals surface area contributed by atoms with Crippen LogP contribution in [0, 0.1) is 0 Å². The van der Waals surface area contributed by atoms with Gasteiger partial charge in [-0.2, -0.15) is 0 Å². The van der Waals surface area contributed by atoms with Gasteiger partial charge in [-0.3, -0.25) is 4.79 Å². The molecule has 0 spiro atoms. The molecular weight excluding hydrogens is 292 g/mol. The van der Waals surface area contributed by atoms with E-state index in [0.29, 0.717) is 13.1 Å². The molecule has 0 aromatic rings. The van der Waals surface area contributed by atoms with Crippen LogP contribution >= 0.6 is 0 Å². The topological polar surface area (TPSA) is 55.9 Å². The van der Waals surface area contributed by atoms with Crippen molar-refractivity contribution in [1.29, 1.82) is 0 Å². The Labute approximate surface area is 140 Å². The third-order valence-corrected chi connectivity index (χ3v) is 4.96. The van der Waals surface area contributed by atoms with Gasteiger partial charge in [-0.1, -0.05) is 6.42 Å². The summed E-state index contributed by atoms with van der Waals surface area (Å²) in [7, 11) is 0. The third kappa shape index (κ3) is 5.37. The van der Waals surface area contributed by atoms with Crippen LogP contribution in [0.2, 0.25) is 0 Å². The Hall–Kier alpha value is -1.30.